The van der Waals surface area contributed by atoms with Gasteiger partial charge in [0.15, 0.2) is 0 Å². The number of nitrogens with two attached hydrogens (primary N) is 1. The van der Waals surface area contributed by atoms with Crippen LogP contribution in [0, 0.1) is 0 Å². The lowest BCUT2D eigenvalue weighted by molar-refractivity contribution is 0.519. The van der Waals surface area contributed by atoms with Crippen LogP contribution in [-0.2, 0) is 0 Å². The molecule has 1 aromatic heterocycles. The molecule has 0 amide bonds. The predicted octanol–water partition coefficient (Wildman–Crippen LogP) is 6.02. The van der Waals surface area contributed by atoms with Crippen molar-refractivity contribution in [2.75, 3.05) is 11.9 Å². The third kappa shape index (κ3) is 5.41. The molecular formula is C20H24Cl2N4. The maximum Gasteiger partial charge on any atom is 0.149 e. The van der Waals surface area contributed by atoms with Crippen molar-refractivity contribution in [3.05, 3.63) is 70.6 Å². The molecule has 2 rings (SSSR count). The van der Waals surface area contributed by atoms with Gasteiger partial charge in [-0.3, -0.25) is 0 Å². The predicted molar refractivity (Wildman–Crippen MR) is 113 cm³/mol. The molecule has 3 N–H and O–H groups in total. The normalized spacial score (nSPS) is 11.3. The fourth-order valence-corrected chi connectivity index (χ4v) is 2.67. The van der Waals surface area contributed by atoms with Crippen molar-refractivity contribution in [1.29, 1.82) is 0 Å². The number of allylic oxidation sites excluding steroid dienone is 1. The fraction of sp³-hybridized carbons (Fsp3) is 0.250. The summed E-state index contributed by atoms with van der Waals surface area (Å²) in [6.07, 6.45) is 5.45. The zero-order chi connectivity index (χ0) is 19.1. The van der Waals surface area contributed by atoms with Crippen LogP contribution < -0.4 is 11.1 Å². The van der Waals surface area contributed by atoms with E-state index in [4.69, 9.17) is 28.9 Å². The zero-order valence-electron chi connectivity index (χ0n) is 15.1. The van der Waals surface area contributed by atoms with Gasteiger partial charge in [0, 0.05) is 46.6 Å². The van der Waals surface area contributed by atoms with E-state index in [0.717, 1.165) is 42.0 Å². The van der Waals surface area contributed by atoms with Crippen molar-refractivity contribution in [3.63, 3.8) is 0 Å². The summed E-state index contributed by atoms with van der Waals surface area (Å²) in [5, 5.41) is 4.38. The molecule has 138 valence electrons. The highest BCUT2D eigenvalue weighted by Gasteiger charge is 2.11. The Morgan fingerprint density at radius 1 is 1.27 bits per heavy atom. The summed E-state index contributed by atoms with van der Waals surface area (Å²) in [6.45, 7) is 9.14. The first-order valence-corrected chi connectivity index (χ1v) is 9.30. The lowest BCUT2D eigenvalue weighted by Gasteiger charge is -2.23. The lowest BCUT2D eigenvalue weighted by Crippen LogP contribution is -2.18. The first-order valence-electron chi connectivity index (χ1n) is 8.54. The van der Waals surface area contributed by atoms with Crippen LogP contribution in [0.3, 0.4) is 0 Å². The third-order valence-corrected chi connectivity index (χ3v) is 4.36. The molecule has 1 aromatic carbocycles. The molecule has 0 unspecified atom stereocenters. The standard InChI is InChI=1S/C20H24Cl2N4/c1-4-10-26(13-17(23)5-2)14(3)15-11-19(22)20(24-12-15)25-18-8-6-16(21)7-9-18/h6-9,11-13H,3-5,10,23H2,1-2H3,(H,24,25)/b17-13-. The Kier molecular flexibility index (Phi) is 7.37. The second-order valence-corrected chi connectivity index (χ2v) is 6.73. The molecule has 0 aliphatic heterocycles. The molecular weight excluding hydrogens is 367 g/mol. The topological polar surface area (TPSA) is 54.2 Å². The molecule has 0 aliphatic rings. The summed E-state index contributed by atoms with van der Waals surface area (Å²) >= 11 is 12.3. The number of anilines is 2. The number of aromatic nitrogens is 1. The maximum absolute atomic E-state index is 6.42. The molecule has 26 heavy (non-hydrogen) atoms. The molecule has 0 radical (unpaired) electrons. The molecule has 0 aliphatic carbocycles. The zero-order valence-corrected chi connectivity index (χ0v) is 16.6. The molecule has 6 heteroatoms. The third-order valence-electron chi connectivity index (χ3n) is 3.82. The van der Waals surface area contributed by atoms with Gasteiger partial charge in [0.1, 0.15) is 5.82 Å². The number of hydrogen-bond donors (Lipinski definition) is 2. The highest BCUT2D eigenvalue weighted by atomic mass is 35.5. The van der Waals surface area contributed by atoms with E-state index in [2.05, 4.69) is 23.8 Å². The number of benzene rings is 1. The molecule has 0 bridgehead atoms. The van der Waals surface area contributed by atoms with Gasteiger partial charge >= 0.3 is 0 Å². The summed E-state index contributed by atoms with van der Waals surface area (Å²) in [4.78, 5) is 6.48. The van der Waals surface area contributed by atoms with Crippen LogP contribution in [0.2, 0.25) is 10.0 Å². The summed E-state index contributed by atoms with van der Waals surface area (Å²) in [5.41, 5.74) is 9.32. The van der Waals surface area contributed by atoms with E-state index in [1.165, 1.54) is 0 Å². The Balaban J connectivity index is 2.21. The van der Waals surface area contributed by atoms with Gasteiger partial charge in [0.25, 0.3) is 0 Å². The van der Waals surface area contributed by atoms with Gasteiger partial charge in [-0.1, -0.05) is 43.6 Å². The quantitative estimate of drug-likeness (QED) is 0.577. The largest absolute Gasteiger partial charge is 0.401 e. The van der Waals surface area contributed by atoms with Crippen LogP contribution in [0.25, 0.3) is 5.70 Å². The molecule has 0 spiro atoms. The highest BCUT2D eigenvalue weighted by Crippen LogP contribution is 2.28. The summed E-state index contributed by atoms with van der Waals surface area (Å²) in [5.74, 6) is 0.580. The molecule has 2 aromatic rings. The smallest absolute Gasteiger partial charge is 0.149 e. The number of nitrogens with zero attached hydrogens (tertiary/aromatic N) is 2. The van der Waals surface area contributed by atoms with Crippen molar-refractivity contribution >= 4 is 40.4 Å². The summed E-state index contributed by atoms with van der Waals surface area (Å²) in [7, 11) is 0. The monoisotopic (exact) mass is 390 g/mol. The van der Waals surface area contributed by atoms with Gasteiger partial charge in [-0.25, -0.2) is 4.98 Å². The van der Waals surface area contributed by atoms with Crippen LogP contribution >= 0.6 is 23.2 Å². The van der Waals surface area contributed by atoms with Crippen molar-refractivity contribution in [2.24, 2.45) is 5.73 Å². The minimum atomic E-state index is 0.516. The van der Waals surface area contributed by atoms with Crippen LogP contribution in [0.5, 0.6) is 0 Å². The van der Waals surface area contributed by atoms with Gasteiger partial charge in [0.2, 0.25) is 0 Å². The van der Waals surface area contributed by atoms with Crippen molar-refractivity contribution in [3.8, 4) is 0 Å². The van der Waals surface area contributed by atoms with Gasteiger partial charge in [-0.05, 0) is 43.2 Å². The first kappa shape index (κ1) is 20.1. The van der Waals surface area contributed by atoms with Crippen molar-refractivity contribution in [2.45, 2.75) is 26.7 Å². The van der Waals surface area contributed by atoms with Gasteiger partial charge in [-0.2, -0.15) is 0 Å². The molecule has 4 nitrogen and oxygen atoms in total. The molecule has 0 atom stereocenters. The number of halogens is 2. The van der Waals surface area contributed by atoms with Crippen LogP contribution in [0.15, 0.2) is 55.0 Å². The van der Waals surface area contributed by atoms with Gasteiger partial charge in [-0.15, -0.1) is 0 Å². The Hall–Kier alpha value is -2.17. The minimum Gasteiger partial charge on any atom is -0.401 e. The first-order chi connectivity index (χ1) is 12.4. The number of hydrogen-bond acceptors (Lipinski definition) is 4. The van der Waals surface area contributed by atoms with Crippen molar-refractivity contribution < 1.29 is 0 Å². The second-order valence-electron chi connectivity index (χ2n) is 5.88. The second kappa shape index (κ2) is 9.51. The van der Waals surface area contributed by atoms with E-state index in [0.29, 0.717) is 15.9 Å². The lowest BCUT2D eigenvalue weighted by atomic mass is 10.2. The average Bonchev–Trinajstić information content (AvgIpc) is 2.64. The molecule has 0 saturated carbocycles. The van der Waals surface area contributed by atoms with E-state index in [1.807, 2.05) is 36.2 Å². The number of pyridine rings is 1. The van der Waals surface area contributed by atoms with Gasteiger partial charge < -0.3 is 16.0 Å². The minimum absolute atomic E-state index is 0.516. The molecule has 1 heterocycles. The van der Waals surface area contributed by atoms with E-state index in [1.54, 1.807) is 18.3 Å². The average molecular weight is 391 g/mol. The molecule has 0 fully saturated rings. The van der Waals surface area contributed by atoms with E-state index in [-0.39, 0.29) is 0 Å². The van der Waals surface area contributed by atoms with E-state index < -0.39 is 0 Å². The van der Waals surface area contributed by atoms with E-state index >= 15 is 0 Å². The maximum atomic E-state index is 6.42. The summed E-state index contributed by atoms with van der Waals surface area (Å²) in [6, 6.07) is 9.21. The van der Waals surface area contributed by atoms with Gasteiger partial charge in [0.05, 0.1) is 5.02 Å². The van der Waals surface area contributed by atoms with Crippen molar-refractivity contribution in [1.82, 2.24) is 9.88 Å². The molecule has 0 saturated heterocycles. The van der Waals surface area contributed by atoms with Crippen LogP contribution in [0.1, 0.15) is 32.3 Å². The van der Waals surface area contributed by atoms with Crippen LogP contribution in [-0.4, -0.2) is 16.4 Å². The van der Waals surface area contributed by atoms with Crippen LogP contribution in [0.4, 0.5) is 11.5 Å². The number of nitrogens with one attached hydrogen (secondary N) is 1. The number of rotatable bonds is 8. The van der Waals surface area contributed by atoms with E-state index in [9.17, 15) is 0 Å². The Labute approximate surface area is 165 Å². The Morgan fingerprint density at radius 2 is 1.96 bits per heavy atom. The highest BCUT2D eigenvalue weighted by molar-refractivity contribution is 6.33. The SMILES string of the molecule is C=C(c1cnc(Nc2ccc(Cl)cc2)c(Cl)c1)N(/C=C(\N)CC)CCC. The fourth-order valence-electron chi connectivity index (χ4n) is 2.33. The Morgan fingerprint density at radius 3 is 2.54 bits per heavy atom. The Bertz CT molecular complexity index is 785. The summed E-state index contributed by atoms with van der Waals surface area (Å²) < 4.78 is 0.